The number of amides is 4. The molecule has 0 spiro atoms. The lowest BCUT2D eigenvalue weighted by atomic mass is 9.87. The number of hydrogen-bond acceptors (Lipinski definition) is 35. The van der Waals surface area contributed by atoms with Gasteiger partial charge in [0.15, 0.2) is 25.2 Å². The smallest absolute Gasteiger partial charge is 0.364 e. The van der Waals surface area contributed by atoms with Crippen molar-refractivity contribution >= 4 is 35.6 Å². The highest BCUT2D eigenvalue weighted by Gasteiger charge is 2.63. The van der Waals surface area contributed by atoms with Crippen LogP contribution in [-0.4, -0.2) is 373 Å². The molecule has 0 aromatic carbocycles. The van der Waals surface area contributed by atoms with E-state index >= 15 is 0 Å². The molecule has 32 atom stereocenters. The van der Waals surface area contributed by atoms with Gasteiger partial charge in [-0.15, -0.1) is 0 Å². The molecule has 41 nitrogen and oxygen atoms in total. The van der Waals surface area contributed by atoms with Gasteiger partial charge in [-0.3, -0.25) is 19.2 Å². The van der Waals surface area contributed by atoms with E-state index < -0.39 is 283 Å². The summed E-state index contributed by atoms with van der Waals surface area (Å²) in [6, 6.07) is -7.75. The lowest BCUT2D eigenvalue weighted by Crippen LogP contribution is -2.72. The molecule has 4 amide bonds. The molecule has 6 aliphatic rings. The molecule has 0 aromatic rings. The first kappa shape index (κ1) is 75.7. The Balaban J connectivity index is 1.38. The molecule has 0 unspecified atom stereocenters. The van der Waals surface area contributed by atoms with Gasteiger partial charge in [0.1, 0.15) is 134 Å². The Hall–Kier alpha value is -4.34. The monoisotopic (exact) mass is 1330 g/mol. The fourth-order valence-electron chi connectivity index (χ4n) is 11.5. The van der Waals surface area contributed by atoms with E-state index in [1.165, 1.54) is 0 Å². The SMILES string of the molecule is CC(=O)N[C@H]1[C@H](O[C@@H]([C@@H]2O[C@@](O[C@@H]3[C@@H](O)[C@H](O[C@H]4[C@H](O)[C@@H](CO)O[C@@H](O[C@@H]([C@@H]5O[C@](O)(C(=O)O)C[C@H](O)[C@H]5NC(C)=O)[C@H](O)CO)[C@@H]4NC(C)=O)O[C@H](CO)[C@H]3O)(C(=O)O)C[C@H](O)[C@H]2NC(C)=O)[C@H](O)CO)O[C@H](CO)[C@@H](O)[C@@H]1O[C@@H]1O[C@H](CO)[C@@H](O)[C@H](O)[C@H]1O. The third kappa shape index (κ3) is 16.8. The largest absolute Gasteiger partial charge is 0.477 e. The molecule has 6 heterocycles. The van der Waals surface area contributed by atoms with Crippen molar-refractivity contribution in [1.82, 2.24) is 21.3 Å². The molecule has 6 rings (SSSR count). The summed E-state index contributed by atoms with van der Waals surface area (Å²) in [5, 5.41) is 228. The second-order valence-corrected chi connectivity index (χ2v) is 22.6. The molecule has 0 aliphatic carbocycles. The van der Waals surface area contributed by atoms with E-state index in [2.05, 4.69) is 21.3 Å². The van der Waals surface area contributed by atoms with Gasteiger partial charge < -0.3 is 176 Å². The lowest BCUT2D eigenvalue weighted by molar-refractivity contribution is -0.389. The van der Waals surface area contributed by atoms with E-state index in [1.54, 1.807) is 0 Å². The maximum atomic E-state index is 13.8. The van der Waals surface area contributed by atoms with Gasteiger partial charge >= 0.3 is 11.9 Å². The van der Waals surface area contributed by atoms with Crippen LogP contribution in [-0.2, 0) is 80.9 Å². The van der Waals surface area contributed by atoms with E-state index in [1.807, 2.05) is 0 Å². The number of aliphatic hydroxyl groups excluding tert-OH is 17. The summed E-state index contributed by atoms with van der Waals surface area (Å²) >= 11 is 0. The van der Waals surface area contributed by atoms with Crippen LogP contribution in [0.2, 0.25) is 0 Å². The second kappa shape index (κ2) is 31.9. The highest BCUT2D eigenvalue weighted by Crippen LogP contribution is 2.41. The summed E-state index contributed by atoms with van der Waals surface area (Å²) in [6.45, 7) is -3.60. The molecular weight excluding hydrogens is 1250 g/mol. The molecule has 0 aromatic heterocycles. The van der Waals surface area contributed by atoms with Crippen LogP contribution in [0.5, 0.6) is 0 Å². The topological polar surface area (TPSA) is 657 Å². The van der Waals surface area contributed by atoms with E-state index in [4.69, 9.17) is 52.1 Å². The zero-order chi connectivity index (χ0) is 68.0. The zero-order valence-corrected chi connectivity index (χ0v) is 48.9. The van der Waals surface area contributed by atoms with Gasteiger partial charge in [0.05, 0.1) is 63.9 Å². The number of hydrogen-bond donors (Lipinski definition) is 24. The Bertz CT molecular complexity index is 2440. The van der Waals surface area contributed by atoms with Gasteiger partial charge in [-0.1, -0.05) is 0 Å². The van der Waals surface area contributed by atoms with Gasteiger partial charge in [-0.05, 0) is 0 Å². The lowest BCUT2D eigenvalue weighted by Gasteiger charge is -2.52. The predicted molar refractivity (Wildman–Crippen MR) is 280 cm³/mol. The summed E-state index contributed by atoms with van der Waals surface area (Å²) in [5.41, 5.74) is 0. The minimum atomic E-state index is -3.51. The number of ether oxygens (including phenoxy) is 11. The highest BCUT2D eigenvalue weighted by atomic mass is 16.8. The molecule has 6 saturated heterocycles. The number of rotatable bonds is 26. The first-order valence-electron chi connectivity index (χ1n) is 28.4. The van der Waals surface area contributed by atoms with Gasteiger partial charge in [0, 0.05) is 40.5 Å². The third-order valence-corrected chi connectivity index (χ3v) is 15.9. The van der Waals surface area contributed by atoms with Crippen LogP contribution in [0.25, 0.3) is 0 Å². The van der Waals surface area contributed by atoms with Gasteiger partial charge in [-0.2, -0.15) is 0 Å². The number of carboxylic acids is 2. The van der Waals surface area contributed by atoms with E-state index in [-0.39, 0.29) is 0 Å². The van der Waals surface area contributed by atoms with E-state index in [9.17, 15) is 131 Å². The minimum absolute atomic E-state index is 0.884. The van der Waals surface area contributed by atoms with Gasteiger partial charge in [0.25, 0.3) is 11.6 Å². The Morgan fingerprint density at radius 2 is 0.802 bits per heavy atom. The summed E-state index contributed by atoms with van der Waals surface area (Å²) in [6.07, 6.45) is -59.3. The predicted octanol–water partition coefficient (Wildman–Crippen LogP) is -15.1. The van der Waals surface area contributed by atoms with Crippen molar-refractivity contribution in [2.24, 2.45) is 0 Å². The van der Waals surface area contributed by atoms with Crippen molar-refractivity contribution in [3.05, 3.63) is 0 Å². The second-order valence-electron chi connectivity index (χ2n) is 22.6. The number of nitrogens with one attached hydrogen (secondary N) is 4. The first-order chi connectivity index (χ1) is 42.7. The van der Waals surface area contributed by atoms with Crippen LogP contribution < -0.4 is 21.3 Å². The molecule has 24 N–H and O–H groups in total. The Kier molecular flexibility index (Phi) is 26.6. The molecule has 0 saturated carbocycles. The number of carbonyl (C=O) groups is 6. The van der Waals surface area contributed by atoms with Gasteiger partial charge in [-0.25, -0.2) is 9.59 Å². The average molecular weight is 1330 g/mol. The summed E-state index contributed by atoms with van der Waals surface area (Å²) in [7, 11) is 0. The Morgan fingerprint density at radius 3 is 1.18 bits per heavy atom. The normalized spacial score (nSPS) is 43.5. The first-order valence-corrected chi connectivity index (χ1v) is 28.4. The summed E-state index contributed by atoms with van der Waals surface area (Å²) in [4.78, 5) is 77.0. The van der Waals surface area contributed by atoms with Crippen LogP contribution in [0.1, 0.15) is 40.5 Å². The summed E-state index contributed by atoms with van der Waals surface area (Å²) in [5.74, 6) is -15.0. The van der Waals surface area contributed by atoms with Crippen LogP contribution in [0.15, 0.2) is 0 Å². The number of aliphatic carboxylic acids is 2. The van der Waals surface area contributed by atoms with Crippen LogP contribution in [0.3, 0.4) is 0 Å². The highest BCUT2D eigenvalue weighted by molar-refractivity contribution is 5.77. The van der Waals surface area contributed by atoms with Crippen molar-refractivity contribution in [3.63, 3.8) is 0 Å². The van der Waals surface area contributed by atoms with Crippen molar-refractivity contribution in [3.8, 4) is 0 Å². The van der Waals surface area contributed by atoms with E-state index in [0.29, 0.717) is 0 Å². The Morgan fingerprint density at radius 1 is 0.451 bits per heavy atom. The molecule has 6 aliphatic heterocycles. The number of carboxylic acid groups (broad SMARTS) is 2. The van der Waals surface area contributed by atoms with Crippen molar-refractivity contribution in [2.75, 3.05) is 39.6 Å². The molecule has 91 heavy (non-hydrogen) atoms. The molecule has 0 bridgehead atoms. The maximum absolute atomic E-state index is 13.8. The van der Waals surface area contributed by atoms with Crippen LogP contribution in [0.4, 0.5) is 0 Å². The average Bonchev–Trinajstić information content (AvgIpc) is 0.775. The quantitative estimate of drug-likeness (QED) is 0.0382. The molecular formula is C50H82N4O37. The standard InChI is InChI=1S/C50H82N4O37/c1-13(61)51-25-17(65)5-49(80,47(76)77)89-40(25)36(19(67)7-55)85-43-28(54-16(4)64)39(31(71)23(11-59)81-43)88-46-35(75)42(32(72)24(12-60)84-46)91-50(48(78)79)6-18(66)26(52-14(2)62)41(90-50)37(20(68)8-56)86-44-27(53-15(3)63)38(30(70)22(10-58)82-44)87-45-34(74)33(73)29(69)21(9-57)83-45/h17-46,55-60,65-75,80H,5-12H2,1-4H3,(H,51,61)(H,52,62)(H,53,63)(H,54,64)(H,76,77)(H,78,79)/t17-,18-,19+,20+,21+,22+,23+,24+,25+,26+,27+,28+,29+,30+,31+,32+,33-,34+,35+,36+,37+,38+,39+,40+,41+,42-,43-,44-,45-,46-,49-,50-/m0/s1. The zero-order valence-electron chi connectivity index (χ0n) is 48.9. The van der Waals surface area contributed by atoms with Crippen LogP contribution in [0, 0.1) is 0 Å². The third-order valence-electron chi connectivity index (χ3n) is 15.9. The van der Waals surface area contributed by atoms with Crippen LogP contribution >= 0.6 is 0 Å². The molecule has 6 fully saturated rings. The fourth-order valence-corrected chi connectivity index (χ4v) is 11.5. The molecule has 524 valence electrons. The van der Waals surface area contributed by atoms with Gasteiger partial charge in [0.2, 0.25) is 23.6 Å². The van der Waals surface area contributed by atoms with Crippen molar-refractivity contribution in [2.45, 2.75) is 236 Å². The molecule has 0 radical (unpaired) electrons. The maximum Gasteiger partial charge on any atom is 0.364 e. The number of carbonyl (C=O) groups excluding carboxylic acids is 4. The fraction of sp³-hybridized carbons (Fsp3) is 0.880. The van der Waals surface area contributed by atoms with E-state index in [0.717, 1.165) is 27.7 Å². The minimum Gasteiger partial charge on any atom is -0.477 e. The van der Waals surface area contributed by atoms with Crippen molar-refractivity contribution in [1.29, 1.82) is 0 Å². The number of aliphatic hydroxyl groups is 18. The van der Waals surface area contributed by atoms with Crippen molar-refractivity contribution < 1.29 is 183 Å². The molecule has 41 heteroatoms. The summed E-state index contributed by atoms with van der Waals surface area (Å²) < 4.78 is 64.0. The Labute approximate surface area is 514 Å².